The molecule has 2 aromatic carbocycles. The second-order valence-electron chi connectivity index (χ2n) is 9.55. The maximum atomic E-state index is 13.6. The fourth-order valence-corrected chi connectivity index (χ4v) is 6.50. The molecule has 0 saturated carbocycles. The summed E-state index contributed by atoms with van der Waals surface area (Å²) in [5.41, 5.74) is 2.35. The summed E-state index contributed by atoms with van der Waals surface area (Å²) in [7, 11) is -3.78. The average molecular weight is 494 g/mol. The van der Waals surface area contributed by atoms with Crippen LogP contribution < -0.4 is 4.72 Å². The molecular formula is C26H31N5O3S. The van der Waals surface area contributed by atoms with Crippen molar-refractivity contribution in [3.8, 4) is 0 Å². The van der Waals surface area contributed by atoms with Crippen molar-refractivity contribution < 1.29 is 13.2 Å². The fraction of sp³-hybridized carbons (Fsp3) is 0.423. The van der Waals surface area contributed by atoms with Gasteiger partial charge in [-0.3, -0.25) is 9.52 Å². The second-order valence-corrected chi connectivity index (χ2v) is 11.2. The van der Waals surface area contributed by atoms with Gasteiger partial charge in [0.15, 0.2) is 5.82 Å². The molecule has 8 nitrogen and oxygen atoms in total. The van der Waals surface area contributed by atoms with Crippen molar-refractivity contribution >= 4 is 21.6 Å². The van der Waals surface area contributed by atoms with Crippen LogP contribution in [0.15, 0.2) is 47.4 Å². The molecule has 1 aromatic heterocycles. The molecule has 3 heterocycles. The van der Waals surface area contributed by atoms with Gasteiger partial charge in [0.2, 0.25) is 0 Å². The number of aromatic nitrogens is 3. The minimum absolute atomic E-state index is 0.114. The molecule has 1 N–H and O–H groups in total. The van der Waals surface area contributed by atoms with E-state index in [-0.39, 0.29) is 16.8 Å². The summed E-state index contributed by atoms with van der Waals surface area (Å²) in [6.07, 6.45) is 6.08. The second kappa shape index (κ2) is 9.45. The van der Waals surface area contributed by atoms with Gasteiger partial charge < -0.3 is 9.47 Å². The number of nitrogens with one attached hydrogen (secondary N) is 1. The van der Waals surface area contributed by atoms with Gasteiger partial charge in [-0.25, -0.2) is 8.42 Å². The van der Waals surface area contributed by atoms with Gasteiger partial charge in [0.1, 0.15) is 5.82 Å². The highest BCUT2D eigenvalue weighted by Gasteiger charge is 2.35. The number of nitrogens with zero attached hydrogens (tertiary/aromatic N) is 4. The lowest BCUT2D eigenvalue weighted by Gasteiger charge is -2.25. The molecule has 184 valence electrons. The van der Waals surface area contributed by atoms with E-state index >= 15 is 0 Å². The maximum Gasteiger partial charge on any atom is 0.262 e. The van der Waals surface area contributed by atoms with E-state index in [0.717, 1.165) is 55.9 Å². The molecule has 1 amide bonds. The Labute approximate surface area is 206 Å². The molecule has 0 bridgehead atoms. The predicted octanol–water partition coefficient (Wildman–Crippen LogP) is 4.40. The van der Waals surface area contributed by atoms with Crippen LogP contribution in [0.5, 0.6) is 0 Å². The maximum absolute atomic E-state index is 13.6. The third-order valence-corrected chi connectivity index (χ3v) is 8.47. The van der Waals surface area contributed by atoms with Gasteiger partial charge in [0.05, 0.1) is 10.9 Å². The number of rotatable bonds is 5. The van der Waals surface area contributed by atoms with Crippen molar-refractivity contribution in [2.24, 2.45) is 0 Å². The van der Waals surface area contributed by atoms with Gasteiger partial charge in [-0.15, -0.1) is 10.2 Å². The van der Waals surface area contributed by atoms with Gasteiger partial charge in [-0.2, -0.15) is 0 Å². The average Bonchev–Trinajstić information content (AvgIpc) is 3.40. The zero-order valence-electron chi connectivity index (χ0n) is 20.2. The largest absolute Gasteiger partial charge is 0.328 e. The fourth-order valence-electron chi connectivity index (χ4n) is 5.12. The third-order valence-electron chi connectivity index (χ3n) is 6.94. The summed E-state index contributed by atoms with van der Waals surface area (Å²) in [4.78, 5) is 15.7. The molecule has 1 unspecified atom stereocenters. The highest BCUT2D eigenvalue weighted by molar-refractivity contribution is 7.92. The number of likely N-dealkylation sites (tertiary alicyclic amines) is 1. The van der Waals surface area contributed by atoms with E-state index < -0.39 is 10.0 Å². The number of carbonyl (C=O) groups is 1. The van der Waals surface area contributed by atoms with Crippen LogP contribution in [-0.4, -0.2) is 40.5 Å². The van der Waals surface area contributed by atoms with E-state index in [1.54, 1.807) is 43.3 Å². The van der Waals surface area contributed by atoms with Crippen LogP contribution in [0.3, 0.4) is 0 Å². The monoisotopic (exact) mass is 493 g/mol. The van der Waals surface area contributed by atoms with E-state index in [1.165, 1.54) is 6.42 Å². The highest BCUT2D eigenvalue weighted by atomic mass is 32.2. The van der Waals surface area contributed by atoms with E-state index in [1.807, 2.05) is 17.9 Å². The van der Waals surface area contributed by atoms with Crippen LogP contribution in [0.25, 0.3) is 0 Å². The minimum Gasteiger partial charge on any atom is -0.328 e. The Hall–Kier alpha value is -3.20. The summed E-state index contributed by atoms with van der Waals surface area (Å²) in [6, 6.07) is 11.9. The number of fused-ring (bicyclic) bond motifs is 1. The molecule has 2 aliphatic rings. The quantitative estimate of drug-likeness (QED) is 0.568. The van der Waals surface area contributed by atoms with Crippen LogP contribution in [0.4, 0.5) is 5.69 Å². The van der Waals surface area contributed by atoms with Crippen LogP contribution in [0, 0.1) is 13.8 Å². The summed E-state index contributed by atoms with van der Waals surface area (Å²) in [6.45, 7) is 5.17. The van der Waals surface area contributed by atoms with Gasteiger partial charge in [0.25, 0.3) is 15.9 Å². The molecule has 2 aliphatic heterocycles. The van der Waals surface area contributed by atoms with Crippen molar-refractivity contribution in [3.63, 3.8) is 0 Å². The zero-order valence-corrected chi connectivity index (χ0v) is 21.0. The van der Waals surface area contributed by atoms with Crippen LogP contribution in [0.1, 0.15) is 71.3 Å². The van der Waals surface area contributed by atoms with Gasteiger partial charge in [-0.05, 0) is 74.9 Å². The number of aryl methyl sites for hydroxylation is 3. The summed E-state index contributed by atoms with van der Waals surface area (Å²) in [5.74, 6) is 1.77. The van der Waals surface area contributed by atoms with E-state index in [9.17, 15) is 13.2 Å². The topological polar surface area (TPSA) is 97.2 Å². The first kappa shape index (κ1) is 23.5. The molecule has 0 radical (unpaired) electrons. The Balaban J connectivity index is 1.39. The molecular weight excluding hydrogens is 462 g/mol. The third kappa shape index (κ3) is 4.69. The Morgan fingerprint density at radius 3 is 2.71 bits per heavy atom. The van der Waals surface area contributed by atoms with Crippen molar-refractivity contribution in [3.05, 3.63) is 70.8 Å². The lowest BCUT2D eigenvalue weighted by molar-refractivity contribution is 0.0727. The molecule has 35 heavy (non-hydrogen) atoms. The SMILES string of the molecule is Cc1ccc(C)c(S(=O)(=O)Nc2cccc(C(=O)N3CCCC3c3nnc4n3CCCCC4)c2)c1. The number of hydrogen-bond donors (Lipinski definition) is 1. The molecule has 0 aliphatic carbocycles. The number of amides is 1. The summed E-state index contributed by atoms with van der Waals surface area (Å²) < 4.78 is 31.0. The lowest BCUT2D eigenvalue weighted by atomic mass is 10.1. The smallest absolute Gasteiger partial charge is 0.262 e. The Morgan fingerprint density at radius 2 is 1.86 bits per heavy atom. The molecule has 1 saturated heterocycles. The summed E-state index contributed by atoms with van der Waals surface area (Å²) >= 11 is 0. The van der Waals surface area contributed by atoms with Gasteiger partial charge >= 0.3 is 0 Å². The zero-order chi connectivity index (χ0) is 24.6. The normalized spacial score (nSPS) is 18.2. The van der Waals surface area contributed by atoms with Crippen molar-refractivity contribution in [1.82, 2.24) is 19.7 Å². The minimum atomic E-state index is -3.78. The van der Waals surface area contributed by atoms with E-state index in [4.69, 9.17) is 0 Å². The summed E-state index contributed by atoms with van der Waals surface area (Å²) in [5, 5.41) is 8.91. The molecule has 1 atom stereocenters. The predicted molar refractivity (Wildman–Crippen MR) is 134 cm³/mol. The Bertz CT molecular complexity index is 1370. The first-order valence-corrected chi connectivity index (χ1v) is 13.7. The molecule has 3 aromatic rings. The number of anilines is 1. The highest BCUT2D eigenvalue weighted by Crippen LogP contribution is 2.34. The van der Waals surface area contributed by atoms with Gasteiger partial charge in [-0.1, -0.05) is 24.6 Å². The first-order chi connectivity index (χ1) is 16.8. The van der Waals surface area contributed by atoms with Crippen molar-refractivity contribution in [2.45, 2.75) is 69.9 Å². The first-order valence-electron chi connectivity index (χ1n) is 12.3. The van der Waals surface area contributed by atoms with Crippen LogP contribution in [-0.2, 0) is 23.0 Å². The van der Waals surface area contributed by atoms with E-state index in [2.05, 4.69) is 19.5 Å². The molecule has 0 spiro atoms. The van der Waals surface area contributed by atoms with Crippen LogP contribution in [0.2, 0.25) is 0 Å². The van der Waals surface area contributed by atoms with E-state index in [0.29, 0.717) is 23.4 Å². The standard InChI is InChI=1S/C26H31N5O3S/c1-18-12-13-19(2)23(16-18)35(33,34)29-21-9-6-8-20(17-21)26(32)30-15-7-10-22(30)25-28-27-24-11-4-3-5-14-31(24)25/h6,8-9,12-13,16-17,22,29H,3-5,7,10-11,14-15H2,1-2H3. The van der Waals surface area contributed by atoms with Gasteiger partial charge in [0, 0.05) is 30.8 Å². The van der Waals surface area contributed by atoms with Crippen molar-refractivity contribution in [1.29, 1.82) is 0 Å². The Kier molecular flexibility index (Phi) is 6.35. The lowest BCUT2D eigenvalue weighted by Crippen LogP contribution is -2.32. The number of hydrogen-bond acceptors (Lipinski definition) is 5. The number of carbonyl (C=O) groups excluding carboxylic acids is 1. The number of sulfonamides is 1. The molecule has 1 fully saturated rings. The van der Waals surface area contributed by atoms with Crippen LogP contribution >= 0.6 is 0 Å². The Morgan fingerprint density at radius 1 is 1.00 bits per heavy atom. The molecule has 5 rings (SSSR count). The van der Waals surface area contributed by atoms with Crippen molar-refractivity contribution in [2.75, 3.05) is 11.3 Å². The molecule has 9 heteroatoms. The number of benzene rings is 2.